The molecule has 0 saturated heterocycles. The van der Waals surface area contributed by atoms with Crippen molar-refractivity contribution in [2.75, 3.05) is 0 Å². The second-order valence-corrected chi connectivity index (χ2v) is 5.25. The molecular weight excluding hydrogens is 337 g/mol. The molecule has 0 N–H and O–H groups in total. The molecule has 0 unspecified atom stereocenters. The number of azo groups is 1. The Morgan fingerprint density at radius 1 is 1.04 bits per heavy atom. The Bertz CT molecular complexity index is 756. The Kier molecular flexibility index (Phi) is 5.74. The van der Waals surface area contributed by atoms with Gasteiger partial charge in [-0.2, -0.15) is 13.2 Å². The first-order chi connectivity index (χ1) is 11.7. The number of hydrogen-bond donors (Lipinski definition) is 0. The van der Waals surface area contributed by atoms with Crippen molar-refractivity contribution in [1.29, 1.82) is 0 Å². The topological polar surface area (TPSA) is 60.2 Å². The van der Waals surface area contributed by atoms with Gasteiger partial charge in [0.25, 0.3) is 0 Å². The number of alkyl halides is 3. The van der Waals surface area contributed by atoms with Gasteiger partial charge in [0, 0.05) is 0 Å². The Morgan fingerprint density at radius 2 is 1.72 bits per heavy atom. The number of nitrogens with zero attached hydrogens (tertiary/aromatic N) is 2. The van der Waals surface area contributed by atoms with E-state index in [1.807, 2.05) is 0 Å². The molecule has 0 bridgehead atoms. The highest BCUT2D eigenvalue weighted by Gasteiger charge is 2.30. The summed E-state index contributed by atoms with van der Waals surface area (Å²) in [4.78, 5) is 11.2. The number of amides is 1. The molecular formula is C17H15F3N2O3. The fourth-order valence-electron chi connectivity index (χ4n) is 1.78. The van der Waals surface area contributed by atoms with Crippen molar-refractivity contribution in [1.82, 2.24) is 0 Å². The van der Waals surface area contributed by atoms with E-state index in [0.29, 0.717) is 11.4 Å². The fourth-order valence-corrected chi connectivity index (χ4v) is 1.78. The summed E-state index contributed by atoms with van der Waals surface area (Å²) in [6, 6.07) is 10.6. The van der Waals surface area contributed by atoms with Gasteiger partial charge in [-0.05, 0) is 56.3 Å². The molecule has 5 nitrogen and oxygen atoms in total. The highest BCUT2D eigenvalue weighted by molar-refractivity contribution is 5.68. The zero-order valence-electron chi connectivity index (χ0n) is 13.4. The zero-order chi connectivity index (χ0) is 18.4. The lowest BCUT2D eigenvalue weighted by molar-refractivity contribution is -0.137. The van der Waals surface area contributed by atoms with Crippen molar-refractivity contribution in [3.63, 3.8) is 0 Å². The van der Waals surface area contributed by atoms with Crippen LogP contribution in [0.3, 0.4) is 0 Å². The number of rotatable bonds is 4. The Morgan fingerprint density at radius 3 is 2.32 bits per heavy atom. The van der Waals surface area contributed by atoms with Crippen molar-refractivity contribution in [3.05, 3.63) is 54.1 Å². The molecule has 1 amide bonds. The molecule has 25 heavy (non-hydrogen) atoms. The third-order valence-electron chi connectivity index (χ3n) is 2.82. The maximum absolute atomic E-state index is 12.7. The number of benzene rings is 2. The molecule has 8 heteroatoms. The first-order valence-electron chi connectivity index (χ1n) is 7.31. The molecule has 0 heterocycles. The lowest BCUT2D eigenvalue weighted by atomic mass is 10.2. The molecule has 2 aromatic rings. The molecule has 0 atom stereocenters. The van der Waals surface area contributed by atoms with Crippen molar-refractivity contribution in [2.24, 2.45) is 10.2 Å². The second-order valence-electron chi connectivity index (χ2n) is 5.25. The summed E-state index contributed by atoms with van der Waals surface area (Å²) in [5.41, 5.74) is -0.420. The highest BCUT2D eigenvalue weighted by atomic mass is 19.4. The van der Waals surface area contributed by atoms with Crippen LogP contribution in [0, 0.1) is 0 Å². The van der Waals surface area contributed by atoms with Gasteiger partial charge in [-0.1, -0.05) is 11.2 Å². The number of carbonyl (C=O) groups excluding carboxylic acids is 1. The summed E-state index contributed by atoms with van der Waals surface area (Å²) in [5.74, 6) is 0.382. The largest absolute Gasteiger partial charge is 0.457 e. The van der Waals surface area contributed by atoms with Gasteiger partial charge >= 0.3 is 12.3 Å². The van der Waals surface area contributed by atoms with Crippen molar-refractivity contribution < 1.29 is 27.4 Å². The number of halogens is 3. The Hall–Kier alpha value is -2.90. The highest BCUT2D eigenvalue weighted by Crippen LogP contribution is 2.33. The summed E-state index contributed by atoms with van der Waals surface area (Å²) in [6.07, 6.45) is -5.54. The van der Waals surface area contributed by atoms with Gasteiger partial charge in [0.15, 0.2) is 0 Å². The van der Waals surface area contributed by atoms with Crippen LogP contribution in [0.5, 0.6) is 11.5 Å². The zero-order valence-corrected chi connectivity index (χ0v) is 13.4. The number of hydrogen-bond acceptors (Lipinski definition) is 4. The van der Waals surface area contributed by atoms with Gasteiger partial charge in [-0.15, -0.1) is 5.11 Å². The SMILES string of the molecule is CC(C)OC(=O)N=Nc1ccc(Oc2cccc(C(F)(F)F)c2)cc1. The van der Waals surface area contributed by atoms with Crippen LogP contribution in [0.4, 0.5) is 23.7 Å². The van der Waals surface area contributed by atoms with Crippen LogP contribution in [-0.2, 0) is 10.9 Å². The van der Waals surface area contributed by atoms with Gasteiger partial charge in [-0.3, -0.25) is 0 Å². The van der Waals surface area contributed by atoms with E-state index < -0.39 is 17.8 Å². The van der Waals surface area contributed by atoms with Crippen LogP contribution < -0.4 is 4.74 Å². The maximum Gasteiger partial charge on any atom is 0.452 e. The third kappa shape index (κ3) is 5.91. The number of carbonyl (C=O) groups is 1. The quantitative estimate of drug-likeness (QED) is 0.622. The third-order valence-corrected chi connectivity index (χ3v) is 2.82. The molecule has 0 radical (unpaired) electrons. The van der Waals surface area contributed by atoms with E-state index in [4.69, 9.17) is 9.47 Å². The monoisotopic (exact) mass is 352 g/mol. The molecule has 0 spiro atoms. The van der Waals surface area contributed by atoms with Gasteiger partial charge in [0.05, 0.1) is 17.4 Å². The van der Waals surface area contributed by atoms with E-state index in [1.165, 1.54) is 36.4 Å². The lowest BCUT2D eigenvalue weighted by Crippen LogP contribution is -2.06. The molecule has 2 rings (SSSR count). The molecule has 0 aliphatic carbocycles. The van der Waals surface area contributed by atoms with Crippen LogP contribution in [0.1, 0.15) is 19.4 Å². The molecule has 0 fully saturated rings. The van der Waals surface area contributed by atoms with Gasteiger partial charge in [0.1, 0.15) is 11.5 Å². The van der Waals surface area contributed by atoms with Crippen LogP contribution >= 0.6 is 0 Å². The Labute approximate surface area is 142 Å². The molecule has 0 aliphatic rings. The molecule has 0 aliphatic heterocycles. The van der Waals surface area contributed by atoms with Crippen molar-refractivity contribution >= 4 is 11.8 Å². The van der Waals surface area contributed by atoms with Crippen LogP contribution in [0.25, 0.3) is 0 Å². The minimum Gasteiger partial charge on any atom is -0.457 e. The average Bonchev–Trinajstić information content (AvgIpc) is 2.53. The minimum absolute atomic E-state index is 0.0599. The fraction of sp³-hybridized carbons (Fsp3) is 0.235. The summed E-state index contributed by atoms with van der Waals surface area (Å²) in [7, 11) is 0. The summed E-state index contributed by atoms with van der Waals surface area (Å²) in [6.45, 7) is 3.38. The summed E-state index contributed by atoms with van der Waals surface area (Å²) < 4.78 is 48.2. The van der Waals surface area contributed by atoms with E-state index in [-0.39, 0.29) is 11.9 Å². The number of ether oxygens (including phenoxy) is 2. The minimum atomic E-state index is -4.44. The second kappa shape index (κ2) is 7.78. The lowest BCUT2D eigenvalue weighted by Gasteiger charge is -2.10. The summed E-state index contributed by atoms with van der Waals surface area (Å²) >= 11 is 0. The van der Waals surface area contributed by atoms with E-state index >= 15 is 0 Å². The van der Waals surface area contributed by atoms with Crippen LogP contribution in [0.2, 0.25) is 0 Å². The maximum atomic E-state index is 12.7. The van der Waals surface area contributed by atoms with Crippen LogP contribution in [-0.4, -0.2) is 12.2 Å². The normalized spacial score (nSPS) is 11.8. The van der Waals surface area contributed by atoms with Crippen molar-refractivity contribution in [2.45, 2.75) is 26.1 Å². The molecule has 132 valence electrons. The van der Waals surface area contributed by atoms with E-state index in [9.17, 15) is 18.0 Å². The van der Waals surface area contributed by atoms with Gasteiger partial charge in [0.2, 0.25) is 0 Å². The van der Waals surface area contributed by atoms with E-state index in [0.717, 1.165) is 12.1 Å². The smallest absolute Gasteiger partial charge is 0.452 e. The van der Waals surface area contributed by atoms with Gasteiger partial charge < -0.3 is 9.47 Å². The summed E-state index contributed by atoms with van der Waals surface area (Å²) in [5, 5.41) is 7.08. The predicted molar refractivity (Wildman–Crippen MR) is 84.1 cm³/mol. The first-order valence-corrected chi connectivity index (χ1v) is 7.31. The first kappa shape index (κ1) is 18.4. The molecule has 0 saturated carbocycles. The Balaban J connectivity index is 2.03. The molecule has 0 aromatic heterocycles. The average molecular weight is 352 g/mol. The van der Waals surface area contributed by atoms with E-state index in [1.54, 1.807) is 13.8 Å². The standard InChI is InChI=1S/C17H15F3N2O3/c1-11(2)24-16(23)22-21-13-6-8-14(9-7-13)25-15-5-3-4-12(10-15)17(18,19)20/h3-11H,1-2H3. The predicted octanol–water partition coefficient (Wildman–Crippen LogP) is 6.13. The van der Waals surface area contributed by atoms with Crippen LogP contribution in [0.15, 0.2) is 58.8 Å². The van der Waals surface area contributed by atoms with E-state index in [2.05, 4.69) is 10.2 Å². The molecule has 2 aromatic carbocycles. The van der Waals surface area contributed by atoms with Crippen molar-refractivity contribution in [3.8, 4) is 11.5 Å². The van der Waals surface area contributed by atoms with Gasteiger partial charge in [-0.25, -0.2) is 4.79 Å².